The van der Waals surface area contributed by atoms with Gasteiger partial charge in [-0.25, -0.2) is 0 Å². The highest BCUT2D eigenvalue weighted by Gasteiger charge is 2.37. The summed E-state index contributed by atoms with van der Waals surface area (Å²) >= 11 is 0. The van der Waals surface area contributed by atoms with Gasteiger partial charge in [-0.15, -0.1) is 6.58 Å². The summed E-state index contributed by atoms with van der Waals surface area (Å²) in [7, 11) is 0. The molecular weight excluding hydrogens is 246 g/mol. The van der Waals surface area contributed by atoms with Crippen molar-refractivity contribution in [2.24, 2.45) is 17.3 Å². The molecule has 0 radical (unpaired) electrons. The molecule has 1 aliphatic carbocycles. The lowest BCUT2D eigenvalue weighted by atomic mass is 9.76. The van der Waals surface area contributed by atoms with E-state index in [4.69, 9.17) is 0 Å². The molecule has 0 aromatic heterocycles. The lowest BCUT2D eigenvalue weighted by molar-refractivity contribution is 0.0950. The van der Waals surface area contributed by atoms with Crippen molar-refractivity contribution in [2.75, 3.05) is 0 Å². The number of hydrogen-bond donors (Lipinski definition) is 1. The van der Waals surface area contributed by atoms with E-state index in [0.29, 0.717) is 5.92 Å². The largest absolute Gasteiger partial charge is 0.393 e. The van der Waals surface area contributed by atoms with E-state index < -0.39 is 0 Å². The van der Waals surface area contributed by atoms with Gasteiger partial charge in [-0.3, -0.25) is 0 Å². The second-order valence-electron chi connectivity index (χ2n) is 6.56. The molecule has 0 aliphatic heterocycles. The fourth-order valence-electron chi connectivity index (χ4n) is 3.11. The van der Waals surface area contributed by atoms with E-state index in [0.717, 1.165) is 44.9 Å². The highest BCUT2D eigenvalue weighted by molar-refractivity contribution is 5.04. The number of unbranched alkanes of at least 4 members (excludes halogenated alkanes) is 2. The van der Waals surface area contributed by atoms with Gasteiger partial charge in [0.15, 0.2) is 0 Å². The van der Waals surface area contributed by atoms with Gasteiger partial charge in [0.1, 0.15) is 0 Å². The van der Waals surface area contributed by atoms with E-state index in [9.17, 15) is 10.4 Å². The standard InChI is InChI=1S/C18H29NO/c1-4-5-6-7-8-9-12-18(3,14-19)13-16-15(2)10-11-17(16)20/h4,8-9,15-17,20H,1,5-7,10-13H2,2-3H3/b9-8+/t15-,16-,17+,18+/m1/s1. The fourth-order valence-corrected chi connectivity index (χ4v) is 3.11. The van der Waals surface area contributed by atoms with Gasteiger partial charge in [0.25, 0.3) is 0 Å². The van der Waals surface area contributed by atoms with E-state index in [1.165, 1.54) is 0 Å². The Balaban J connectivity index is 2.46. The third-order valence-corrected chi connectivity index (χ3v) is 4.61. The minimum Gasteiger partial charge on any atom is -0.393 e. The summed E-state index contributed by atoms with van der Waals surface area (Å²) in [6.07, 6.45) is 12.8. The lowest BCUT2D eigenvalue weighted by Gasteiger charge is -2.28. The molecule has 1 aliphatic rings. The first-order chi connectivity index (χ1) is 9.52. The van der Waals surface area contributed by atoms with Crippen LogP contribution in [0, 0.1) is 28.6 Å². The van der Waals surface area contributed by atoms with Crippen molar-refractivity contribution in [1.29, 1.82) is 5.26 Å². The minimum absolute atomic E-state index is 0.214. The molecule has 0 aromatic carbocycles. The van der Waals surface area contributed by atoms with Crippen LogP contribution in [0.25, 0.3) is 0 Å². The van der Waals surface area contributed by atoms with Crippen molar-refractivity contribution in [3.63, 3.8) is 0 Å². The van der Waals surface area contributed by atoms with Gasteiger partial charge in [-0.05, 0) is 63.7 Å². The Morgan fingerprint density at radius 1 is 1.35 bits per heavy atom. The number of aliphatic hydroxyl groups excluding tert-OH is 1. The normalized spacial score (nSPS) is 29.2. The van der Waals surface area contributed by atoms with Gasteiger partial charge >= 0.3 is 0 Å². The van der Waals surface area contributed by atoms with Crippen LogP contribution in [0.15, 0.2) is 24.8 Å². The van der Waals surface area contributed by atoms with Gasteiger partial charge in [-0.2, -0.15) is 5.26 Å². The van der Waals surface area contributed by atoms with E-state index >= 15 is 0 Å². The molecular formula is C18H29NO. The Kier molecular flexibility index (Phi) is 7.02. The van der Waals surface area contributed by atoms with Crippen LogP contribution in [0.2, 0.25) is 0 Å². The SMILES string of the molecule is C=CCCC/C=C/C[C@](C)(C#N)C[C@@H]1[C@H](C)CC[C@@H]1O. The average molecular weight is 275 g/mol. The lowest BCUT2D eigenvalue weighted by Crippen LogP contribution is -2.26. The Morgan fingerprint density at radius 3 is 2.65 bits per heavy atom. The predicted molar refractivity (Wildman–Crippen MR) is 84.0 cm³/mol. The van der Waals surface area contributed by atoms with E-state index in [2.05, 4.69) is 31.7 Å². The maximum atomic E-state index is 10.1. The Labute approximate surface area is 124 Å². The fraction of sp³-hybridized carbons (Fsp3) is 0.722. The van der Waals surface area contributed by atoms with Crippen molar-refractivity contribution in [3.05, 3.63) is 24.8 Å². The first kappa shape index (κ1) is 17.0. The highest BCUT2D eigenvalue weighted by atomic mass is 16.3. The number of aliphatic hydroxyl groups is 1. The molecule has 0 bridgehead atoms. The van der Waals surface area contributed by atoms with Gasteiger partial charge < -0.3 is 5.11 Å². The molecule has 1 N–H and O–H groups in total. The summed E-state index contributed by atoms with van der Waals surface area (Å²) in [5.41, 5.74) is -0.348. The summed E-state index contributed by atoms with van der Waals surface area (Å²) in [5.74, 6) is 0.822. The van der Waals surface area contributed by atoms with E-state index in [1.54, 1.807) is 0 Å². The summed E-state index contributed by atoms with van der Waals surface area (Å²) in [5, 5.41) is 19.5. The van der Waals surface area contributed by atoms with E-state index in [-0.39, 0.29) is 17.4 Å². The Bertz CT molecular complexity index is 358. The number of rotatable bonds is 8. The Hall–Kier alpha value is -1.07. The zero-order chi connectivity index (χ0) is 15.0. The zero-order valence-corrected chi connectivity index (χ0v) is 13.0. The van der Waals surface area contributed by atoms with Crippen LogP contribution in [-0.2, 0) is 0 Å². The second-order valence-corrected chi connectivity index (χ2v) is 6.56. The van der Waals surface area contributed by atoms with E-state index in [1.807, 2.05) is 13.0 Å². The molecule has 0 amide bonds. The number of allylic oxidation sites excluding steroid dienone is 3. The summed E-state index contributed by atoms with van der Waals surface area (Å²) in [4.78, 5) is 0. The molecule has 1 saturated carbocycles. The molecule has 0 heterocycles. The van der Waals surface area contributed by atoms with Gasteiger partial charge in [0.05, 0.1) is 17.6 Å². The molecule has 2 nitrogen and oxygen atoms in total. The third kappa shape index (κ3) is 5.13. The predicted octanol–water partition coefficient (Wildman–Crippen LogP) is 4.62. The molecule has 112 valence electrons. The first-order valence-corrected chi connectivity index (χ1v) is 7.87. The molecule has 1 fully saturated rings. The van der Waals surface area contributed by atoms with Crippen molar-refractivity contribution >= 4 is 0 Å². The summed E-state index contributed by atoms with van der Waals surface area (Å²) in [6.45, 7) is 7.94. The second kappa shape index (κ2) is 8.27. The van der Waals surface area contributed by atoms with Crippen LogP contribution in [-0.4, -0.2) is 11.2 Å². The number of nitrogens with zero attached hydrogens (tertiary/aromatic N) is 1. The van der Waals surface area contributed by atoms with Crippen LogP contribution in [0.4, 0.5) is 0 Å². The van der Waals surface area contributed by atoms with Crippen LogP contribution >= 0.6 is 0 Å². The zero-order valence-electron chi connectivity index (χ0n) is 13.0. The van der Waals surface area contributed by atoms with Crippen LogP contribution in [0.5, 0.6) is 0 Å². The van der Waals surface area contributed by atoms with Crippen LogP contribution in [0.1, 0.15) is 58.8 Å². The van der Waals surface area contributed by atoms with Crippen LogP contribution < -0.4 is 0 Å². The molecule has 0 aromatic rings. The van der Waals surface area contributed by atoms with Crippen molar-refractivity contribution in [2.45, 2.75) is 64.9 Å². The maximum absolute atomic E-state index is 10.1. The van der Waals surface area contributed by atoms with Crippen molar-refractivity contribution < 1.29 is 5.11 Å². The Morgan fingerprint density at radius 2 is 2.10 bits per heavy atom. The molecule has 20 heavy (non-hydrogen) atoms. The molecule has 0 unspecified atom stereocenters. The third-order valence-electron chi connectivity index (χ3n) is 4.61. The minimum atomic E-state index is -0.348. The summed E-state index contributed by atoms with van der Waals surface area (Å²) < 4.78 is 0. The molecule has 2 heteroatoms. The molecule has 4 atom stereocenters. The van der Waals surface area contributed by atoms with Crippen LogP contribution in [0.3, 0.4) is 0 Å². The van der Waals surface area contributed by atoms with Gasteiger partial charge in [0, 0.05) is 0 Å². The quantitative estimate of drug-likeness (QED) is 0.519. The summed E-state index contributed by atoms with van der Waals surface area (Å²) in [6, 6.07) is 2.47. The van der Waals surface area contributed by atoms with Crippen molar-refractivity contribution in [1.82, 2.24) is 0 Å². The molecule has 1 rings (SSSR count). The number of nitriles is 1. The monoisotopic (exact) mass is 275 g/mol. The van der Waals surface area contributed by atoms with Crippen molar-refractivity contribution in [3.8, 4) is 6.07 Å². The molecule has 0 saturated heterocycles. The smallest absolute Gasteiger partial charge is 0.0690 e. The average Bonchev–Trinajstić information content (AvgIpc) is 2.74. The molecule has 0 spiro atoms. The first-order valence-electron chi connectivity index (χ1n) is 7.87. The van der Waals surface area contributed by atoms with Gasteiger partial charge in [-0.1, -0.05) is 25.2 Å². The topological polar surface area (TPSA) is 44.0 Å². The highest BCUT2D eigenvalue weighted by Crippen LogP contribution is 2.41. The number of hydrogen-bond acceptors (Lipinski definition) is 2. The maximum Gasteiger partial charge on any atom is 0.0690 e. The van der Waals surface area contributed by atoms with Gasteiger partial charge in [0.2, 0.25) is 0 Å².